The molecule has 0 fully saturated rings. The third-order valence-corrected chi connectivity index (χ3v) is 4.56. The van der Waals surface area contributed by atoms with E-state index in [9.17, 15) is 9.18 Å². The van der Waals surface area contributed by atoms with Crippen LogP contribution in [-0.4, -0.2) is 25.5 Å². The number of benzene rings is 1. The smallest absolute Gasteiger partial charge is 0.260 e. The number of rotatable bonds is 4. The SMILES string of the molecule is Cc1nn(C)c(C)c1C(=O)Nc1nn(Cc2ccccc2F)cc1Br. The Morgan fingerprint density at radius 2 is 2.00 bits per heavy atom. The molecular weight excluding hydrogens is 389 g/mol. The van der Waals surface area contributed by atoms with Crippen LogP contribution in [0, 0.1) is 19.7 Å². The fourth-order valence-corrected chi connectivity index (χ4v) is 3.05. The highest BCUT2D eigenvalue weighted by molar-refractivity contribution is 9.10. The number of aromatic nitrogens is 4. The normalized spacial score (nSPS) is 10.9. The molecular formula is C17H17BrFN5O. The number of hydrogen-bond acceptors (Lipinski definition) is 3. The molecule has 0 saturated carbocycles. The lowest BCUT2D eigenvalue weighted by molar-refractivity contribution is 0.102. The van der Waals surface area contributed by atoms with Crippen LogP contribution in [0.5, 0.6) is 0 Å². The number of carbonyl (C=O) groups excluding carboxylic acids is 1. The Labute approximate surface area is 152 Å². The fourth-order valence-electron chi connectivity index (χ4n) is 2.64. The van der Waals surface area contributed by atoms with Gasteiger partial charge in [0.15, 0.2) is 5.82 Å². The van der Waals surface area contributed by atoms with Crippen LogP contribution >= 0.6 is 15.9 Å². The van der Waals surface area contributed by atoms with Gasteiger partial charge in [-0.25, -0.2) is 4.39 Å². The van der Waals surface area contributed by atoms with E-state index >= 15 is 0 Å². The number of nitrogens with zero attached hydrogens (tertiary/aromatic N) is 4. The van der Waals surface area contributed by atoms with Gasteiger partial charge in [-0.1, -0.05) is 18.2 Å². The molecule has 0 unspecified atom stereocenters. The van der Waals surface area contributed by atoms with Crippen molar-refractivity contribution >= 4 is 27.7 Å². The van der Waals surface area contributed by atoms with Crippen molar-refractivity contribution in [3.8, 4) is 0 Å². The maximum Gasteiger partial charge on any atom is 0.260 e. The second-order valence-corrected chi connectivity index (χ2v) is 6.59. The molecule has 1 aromatic carbocycles. The van der Waals surface area contributed by atoms with E-state index in [2.05, 4.69) is 31.4 Å². The van der Waals surface area contributed by atoms with Crippen LogP contribution in [0.4, 0.5) is 10.2 Å². The predicted octanol–water partition coefficient (Wildman–Crippen LogP) is 3.44. The van der Waals surface area contributed by atoms with E-state index in [0.29, 0.717) is 27.1 Å². The Balaban J connectivity index is 1.81. The molecule has 3 aromatic rings. The van der Waals surface area contributed by atoms with Crippen LogP contribution in [0.25, 0.3) is 0 Å². The zero-order valence-electron chi connectivity index (χ0n) is 14.0. The molecule has 6 nitrogen and oxygen atoms in total. The second kappa shape index (κ2) is 6.79. The summed E-state index contributed by atoms with van der Waals surface area (Å²) in [5, 5.41) is 11.3. The second-order valence-electron chi connectivity index (χ2n) is 5.74. The summed E-state index contributed by atoms with van der Waals surface area (Å²) in [4.78, 5) is 12.5. The first kappa shape index (κ1) is 17.3. The molecule has 0 atom stereocenters. The lowest BCUT2D eigenvalue weighted by Gasteiger charge is -2.04. The topological polar surface area (TPSA) is 64.7 Å². The van der Waals surface area contributed by atoms with Crippen LogP contribution in [0.2, 0.25) is 0 Å². The zero-order valence-corrected chi connectivity index (χ0v) is 15.6. The van der Waals surface area contributed by atoms with E-state index in [1.165, 1.54) is 6.07 Å². The minimum Gasteiger partial charge on any atom is -0.304 e. The molecule has 3 rings (SSSR count). The van der Waals surface area contributed by atoms with Gasteiger partial charge in [0.05, 0.1) is 22.3 Å². The molecule has 0 bridgehead atoms. The summed E-state index contributed by atoms with van der Waals surface area (Å²) < 4.78 is 17.6. The van der Waals surface area contributed by atoms with Gasteiger partial charge in [0.2, 0.25) is 0 Å². The van der Waals surface area contributed by atoms with Crippen LogP contribution in [0.3, 0.4) is 0 Å². The van der Waals surface area contributed by atoms with Crippen molar-refractivity contribution in [3.05, 3.63) is 63.3 Å². The van der Waals surface area contributed by atoms with Gasteiger partial charge in [0.1, 0.15) is 5.82 Å². The summed E-state index contributed by atoms with van der Waals surface area (Å²) in [6, 6.07) is 6.52. The summed E-state index contributed by atoms with van der Waals surface area (Å²) in [5.74, 6) is -0.190. The first-order chi connectivity index (χ1) is 11.9. The molecule has 2 heterocycles. The number of hydrogen-bond donors (Lipinski definition) is 1. The van der Waals surface area contributed by atoms with E-state index in [1.807, 2.05) is 6.92 Å². The highest BCUT2D eigenvalue weighted by Gasteiger charge is 2.19. The van der Waals surface area contributed by atoms with E-state index in [4.69, 9.17) is 0 Å². The van der Waals surface area contributed by atoms with Gasteiger partial charge in [-0.3, -0.25) is 14.2 Å². The van der Waals surface area contributed by atoms with Gasteiger partial charge in [-0.05, 0) is 35.8 Å². The third-order valence-electron chi connectivity index (χ3n) is 3.98. The number of aryl methyl sites for hydroxylation is 2. The van der Waals surface area contributed by atoms with E-state index in [0.717, 1.165) is 5.69 Å². The molecule has 0 saturated heterocycles. The molecule has 0 spiro atoms. The minimum atomic E-state index is -0.290. The summed E-state index contributed by atoms with van der Waals surface area (Å²) in [5.41, 5.74) is 2.48. The van der Waals surface area contributed by atoms with Gasteiger partial charge in [-0.15, -0.1) is 0 Å². The Morgan fingerprint density at radius 1 is 1.28 bits per heavy atom. The molecule has 0 radical (unpaired) electrons. The van der Waals surface area contributed by atoms with Crippen molar-refractivity contribution in [1.82, 2.24) is 19.6 Å². The molecule has 2 aromatic heterocycles. The van der Waals surface area contributed by atoms with Crippen molar-refractivity contribution in [2.45, 2.75) is 20.4 Å². The van der Waals surface area contributed by atoms with Crippen LogP contribution < -0.4 is 5.32 Å². The Kier molecular flexibility index (Phi) is 4.71. The number of anilines is 1. The molecule has 0 aliphatic rings. The molecule has 1 N–H and O–H groups in total. The molecule has 0 aliphatic heterocycles. The zero-order chi connectivity index (χ0) is 18.1. The third kappa shape index (κ3) is 3.48. The molecule has 130 valence electrons. The highest BCUT2D eigenvalue weighted by atomic mass is 79.9. The lowest BCUT2D eigenvalue weighted by Crippen LogP contribution is -2.15. The Morgan fingerprint density at radius 3 is 2.64 bits per heavy atom. The average molecular weight is 406 g/mol. The first-order valence-electron chi connectivity index (χ1n) is 7.64. The molecule has 0 aliphatic carbocycles. The van der Waals surface area contributed by atoms with Gasteiger partial charge >= 0.3 is 0 Å². The van der Waals surface area contributed by atoms with Crippen molar-refractivity contribution in [1.29, 1.82) is 0 Å². The largest absolute Gasteiger partial charge is 0.304 e. The maximum atomic E-state index is 13.8. The first-order valence-corrected chi connectivity index (χ1v) is 8.44. The predicted molar refractivity (Wildman–Crippen MR) is 96.1 cm³/mol. The van der Waals surface area contributed by atoms with Crippen molar-refractivity contribution < 1.29 is 9.18 Å². The molecule has 8 heteroatoms. The van der Waals surface area contributed by atoms with Crippen LogP contribution in [0.15, 0.2) is 34.9 Å². The Bertz CT molecular complexity index is 947. The summed E-state index contributed by atoms with van der Waals surface area (Å²) in [6.45, 7) is 3.89. The number of amides is 1. The highest BCUT2D eigenvalue weighted by Crippen LogP contribution is 2.23. The van der Waals surface area contributed by atoms with Gasteiger partial charge in [0, 0.05) is 24.5 Å². The Hall–Kier alpha value is -2.48. The van der Waals surface area contributed by atoms with E-state index in [1.54, 1.807) is 47.7 Å². The summed E-state index contributed by atoms with van der Waals surface area (Å²) in [6.07, 6.45) is 1.70. The molecule has 1 amide bonds. The lowest BCUT2D eigenvalue weighted by atomic mass is 10.2. The van der Waals surface area contributed by atoms with Crippen molar-refractivity contribution in [2.24, 2.45) is 7.05 Å². The van der Waals surface area contributed by atoms with Crippen molar-refractivity contribution in [3.63, 3.8) is 0 Å². The number of halogens is 2. The monoisotopic (exact) mass is 405 g/mol. The quantitative estimate of drug-likeness (QED) is 0.722. The van der Waals surface area contributed by atoms with Crippen LogP contribution in [-0.2, 0) is 13.6 Å². The van der Waals surface area contributed by atoms with Gasteiger partial charge < -0.3 is 5.32 Å². The van der Waals surface area contributed by atoms with E-state index in [-0.39, 0.29) is 18.3 Å². The summed E-state index contributed by atoms with van der Waals surface area (Å²) in [7, 11) is 1.79. The van der Waals surface area contributed by atoms with Gasteiger partial charge in [-0.2, -0.15) is 10.2 Å². The molecule has 25 heavy (non-hydrogen) atoms. The van der Waals surface area contributed by atoms with E-state index < -0.39 is 0 Å². The fraction of sp³-hybridized carbons (Fsp3) is 0.235. The minimum absolute atomic E-state index is 0.270. The maximum absolute atomic E-state index is 13.8. The number of carbonyl (C=O) groups is 1. The van der Waals surface area contributed by atoms with Gasteiger partial charge in [0.25, 0.3) is 5.91 Å². The average Bonchev–Trinajstić information content (AvgIpc) is 3.01. The standard InChI is InChI=1S/C17H17BrFN5O/c1-10-15(11(2)23(3)21-10)17(25)20-16-13(18)9-24(22-16)8-12-6-4-5-7-14(12)19/h4-7,9H,8H2,1-3H3,(H,20,22,25). The number of nitrogens with one attached hydrogen (secondary N) is 1. The van der Waals surface area contributed by atoms with Crippen LogP contribution in [0.1, 0.15) is 27.3 Å². The van der Waals surface area contributed by atoms with Crippen molar-refractivity contribution in [2.75, 3.05) is 5.32 Å². The summed E-state index contributed by atoms with van der Waals surface area (Å²) >= 11 is 3.38.